The number of benzene rings is 1. The smallest absolute Gasteiger partial charge is 0.404 e. The Bertz CT molecular complexity index is 877. The zero-order chi connectivity index (χ0) is 22.1. The van der Waals surface area contributed by atoms with Gasteiger partial charge in [0, 0.05) is 36.2 Å². The van der Waals surface area contributed by atoms with Gasteiger partial charge < -0.3 is 25.7 Å². The third-order valence-corrected chi connectivity index (χ3v) is 5.96. The van der Waals surface area contributed by atoms with Crippen molar-refractivity contribution in [1.29, 1.82) is 0 Å². The first-order valence-electron chi connectivity index (χ1n) is 10.4. The van der Waals surface area contributed by atoms with E-state index in [4.69, 9.17) is 10.5 Å². The lowest BCUT2D eigenvalue weighted by molar-refractivity contribution is 0.160. The van der Waals surface area contributed by atoms with E-state index in [0.29, 0.717) is 18.3 Å². The van der Waals surface area contributed by atoms with E-state index in [-0.39, 0.29) is 13.2 Å². The van der Waals surface area contributed by atoms with Gasteiger partial charge in [0.2, 0.25) is 0 Å². The predicted octanol–water partition coefficient (Wildman–Crippen LogP) is 3.13. The van der Waals surface area contributed by atoms with Crippen molar-refractivity contribution >= 4 is 34.4 Å². The van der Waals surface area contributed by atoms with Crippen molar-refractivity contribution in [3.63, 3.8) is 0 Å². The van der Waals surface area contributed by atoms with Gasteiger partial charge in [-0.15, -0.1) is 0 Å². The Labute approximate surface area is 184 Å². The van der Waals surface area contributed by atoms with E-state index in [0.717, 1.165) is 34.1 Å². The minimum Gasteiger partial charge on any atom is -0.755 e. The van der Waals surface area contributed by atoms with Gasteiger partial charge in [-0.3, -0.25) is 13.5 Å². The summed E-state index contributed by atoms with van der Waals surface area (Å²) >= 11 is -2.54. The second-order valence-electron chi connectivity index (χ2n) is 7.40. The van der Waals surface area contributed by atoms with E-state index in [1.807, 2.05) is 18.2 Å². The molecule has 1 aromatic carbocycles. The third-order valence-electron chi connectivity index (χ3n) is 5.21. The van der Waals surface area contributed by atoms with Crippen molar-refractivity contribution in [1.82, 2.24) is 4.98 Å². The molecule has 1 amide bonds. The SMILES string of the molecule is NC(=O)OCCN(c1ccc(NC2CCCCC2)c(NCc2ccncc2)c1)S(=O)[O-]. The Kier molecular flexibility index (Phi) is 8.48. The molecule has 1 aliphatic rings. The first-order chi connectivity index (χ1) is 15.0. The van der Waals surface area contributed by atoms with Crippen LogP contribution < -0.4 is 20.7 Å². The van der Waals surface area contributed by atoms with Crippen LogP contribution >= 0.6 is 0 Å². The van der Waals surface area contributed by atoms with Gasteiger partial charge in [0.1, 0.15) is 6.61 Å². The number of nitrogens with zero attached hydrogens (tertiary/aromatic N) is 2. The number of primary amides is 1. The largest absolute Gasteiger partial charge is 0.755 e. The van der Waals surface area contributed by atoms with Crippen LogP contribution in [0.5, 0.6) is 0 Å². The second-order valence-corrected chi connectivity index (χ2v) is 8.28. The quantitative estimate of drug-likeness (QED) is 0.478. The maximum absolute atomic E-state index is 11.8. The third kappa shape index (κ3) is 7.11. The van der Waals surface area contributed by atoms with E-state index in [2.05, 4.69) is 15.6 Å². The maximum atomic E-state index is 11.8. The number of anilines is 3. The summed E-state index contributed by atoms with van der Waals surface area (Å²) in [5.41, 5.74) is 8.21. The summed E-state index contributed by atoms with van der Waals surface area (Å²) in [6.07, 6.45) is 8.44. The fourth-order valence-electron chi connectivity index (χ4n) is 3.64. The molecular formula is C21H28N5O4S-. The Morgan fingerprint density at radius 2 is 1.94 bits per heavy atom. The van der Waals surface area contributed by atoms with Crippen molar-refractivity contribution in [2.75, 3.05) is 28.1 Å². The molecule has 4 N–H and O–H groups in total. The minimum atomic E-state index is -2.54. The molecule has 1 aromatic heterocycles. The Balaban J connectivity index is 1.80. The molecule has 1 heterocycles. The molecule has 1 aliphatic carbocycles. The number of pyridine rings is 1. The lowest BCUT2D eigenvalue weighted by atomic mass is 9.95. The summed E-state index contributed by atoms with van der Waals surface area (Å²) in [5, 5.41) is 7.01. The summed E-state index contributed by atoms with van der Waals surface area (Å²) in [6.45, 7) is 0.403. The summed E-state index contributed by atoms with van der Waals surface area (Å²) < 4.78 is 29.4. The zero-order valence-corrected chi connectivity index (χ0v) is 18.1. The number of rotatable bonds is 10. The first kappa shape index (κ1) is 22.8. The van der Waals surface area contributed by atoms with Crippen molar-refractivity contribution in [3.8, 4) is 0 Å². The fraction of sp³-hybridized carbons (Fsp3) is 0.429. The highest BCUT2D eigenvalue weighted by atomic mass is 32.2. The normalized spacial score (nSPS) is 15.1. The number of hydrogen-bond donors (Lipinski definition) is 3. The molecule has 3 rings (SSSR count). The molecule has 0 saturated heterocycles. The van der Waals surface area contributed by atoms with Crippen molar-refractivity contribution in [2.45, 2.75) is 44.7 Å². The van der Waals surface area contributed by atoms with Crippen LogP contribution in [-0.2, 0) is 22.5 Å². The molecule has 0 aliphatic heterocycles. The fourth-order valence-corrected chi connectivity index (χ4v) is 4.15. The molecule has 2 aromatic rings. The molecule has 1 unspecified atom stereocenters. The van der Waals surface area contributed by atoms with E-state index < -0.39 is 17.4 Å². The van der Waals surface area contributed by atoms with Crippen LogP contribution in [0.25, 0.3) is 0 Å². The standard InChI is InChI=1S/C21H29N5O4S/c22-21(27)30-13-12-26(31(28)29)18-6-7-19(25-17-4-2-1-3-5-17)20(14-18)24-15-16-8-10-23-11-9-16/h6-11,14,17,24-25H,1-5,12-13,15H2,(H2,22,27)(H,28,29)/p-1. The van der Waals surface area contributed by atoms with Gasteiger partial charge in [-0.2, -0.15) is 0 Å². The van der Waals surface area contributed by atoms with Gasteiger partial charge in [-0.25, -0.2) is 4.79 Å². The molecule has 10 heteroatoms. The Hall–Kier alpha value is -2.85. The summed E-state index contributed by atoms with van der Waals surface area (Å²) in [7, 11) is 0. The molecule has 168 valence electrons. The predicted molar refractivity (Wildman–Crippen MR) is 120 cm³/mol. The second kappa shape index (κ2) is 11.5. The van der Waals surface area contributed by atoms with Gasteiger partial charge in [-0.1, -0.05) is 19.3 Å². The number of amides is 1. The summed E-state index contributed by atoms with van der Waals surface area (Å²) in [4.78, 5) is 14.8. The average molecular weight is 447 g/mol. The van der Waals surface area contributed by atoms with Crippen molar-refractivity contribution in [3.05, 3.63) is 48.3 Å². The van der Waals surface area contributed by atoms with Crippen LogP contribution in [0.15, 0.2) is 42.7 Å². The van der Waals surface area contributed by atoms with Crippen LogP contribution in [0.2, 0.25) is 0 Å². The molecular weight excluding hydrogens is 418 g/mol. The molecule has 0 bridgehead atoms. The van der Waals surface area contributed by atoms with Gasteiger partial charge in [0.15, 0.2) is 0 Å². The van der Waals surface area contributed by atoms with Gasteiger partial charge in [-0.05, 0) is 48.7 Å². The lowest BCUT2D eigenvalue weighted by Crippen LogP contribution is -2.31. The first-order valence-corrected chi connectivity index (χ1v) is 11.4. The van der Waals surface area contributed by atoms with E-state index >= 15 is 0 Å². The molecule has 1 fully saturated rings. The van der Waals surface area contributed by atoms with Crippen LogP contribution in [0, 0.1) is 0 Å². The molecule has 1 atom stereocenters. The Morgan fingerprint density at radius 3 is 2.61 bits per heavy atom. The molecule has 1 saturated carbocycles. The topological polar surface area (TPSA) is 133 Å². The van der Waals surface area contributed by atoms with Gasteiger partial charge in [0.05, 0.1) is 23.6 Å². The minimum absolute atomic E-state index is 0.0295. The highest BCUT2D eigenvalue weighted by molar-refractivity contribution is 7.80. The molecule has 0 spiro atoms. The number of ether oxygens (including phenoxy) is 1. The number of carbonyl (C=O) groups excluding carboxylic acids is 1. The van der Waals surface area contributed by atoms with Crippen molar-refractivity contribution < 1.29 is 18.3 Å². The number of nitrogens with one attached hydrogen (secondary N) is 2. The van der Waals surface area contributed by atoms with Crippen LogP contribution in [0.4, 0.5) is 21.9 Å². The maximum Gasteiger partial charge on any atom is 0.404 e. The van der Waals surface area contributed by atoms with E-state index in [9.17, 15) is 13.6 Å². The number of aromatic nitrogens is 1. The lowest BCUT2D eigenvalue weighted by Gasteiger charge is -2.29. The van der Waals surface area contributed by atoms with Crippen LogP contribution in [0.3, 0.4) is 0 Å². The number of hydrogen-bond acceptors (Lipinski definition) is 7. The summed E-state index contributed by atoms with van der Waals surface area (Å²) in [6, 6.07) is 9.65. The highest BCUT2D eigenvalue weighted by Crippen LogP contribution is 2.31. The zero-order valence-electron chi connectivity index (χ0n) is 17.3. The molecule has 31 heavy (non-hydrogen) atoms. The number of carbonyl (C=O) groups is 1. The average Bonchev–Trinajstić information content (AvgIpc) is 2.77. The van der Waals surface area contributed by atoms with Gasteiger partial charge >= 0.3 is 6.09 Å². The monoisotopic (exact) mass is 446 g/mol. The van der Waals surface area contributed by atoms with Crippen LogP contribution in [-0.4, -0.2) is 39.0 Å². The number of nitrogens with two attached hydrogens (primary N) is 1. The Morgan fingerprint density at radius 1 is 1.19 bits per heavy atom. The van der Waals surface area contributed by atoms with Crippen LogP contribution in [0.1, 0.15) is 37.7 Å². The van der Waals surface area contributed by atoms with E-state index in [1.54, 1.807) is 24.5 Å². The summed E-state index contributed by atoms with van der Waals surface area (Å²) in [5.74, 6) is 0. The van der Waals surface area contributed by atoms with Gasteiger partial charge in [0.25, 0.3) is 0 Å². The van der Waals surface area contributed by atoms with E-state index in [1.165, 1.54) is 19.3 Å². The highest BCUT2D eigenvalue weighted by Gasteiger charge is 2.16. The molecule has 9 nitrogen and oxygen atoms in total. The molecule has 0 radical (unpaired) electrons. The van der Waals surface area contributed by atoms with Crippen molar-refractivity contribution in [2.24, 2.45) is 5.73 Å².